The number of aliphatic hydroxyl groups is 1. The van der Waals surface area contributed by atoms with Crippen molar-refractivity contribution in [2.75, 3.05) is 25.1 Å². The van der Waals surface area contributed by atoms with E-state index in [-0.39, 0.29) is 12.5 Å². The van der Waals surface area contributed by atoms with Crippen LogP contribution < -0.4 is 10.7 Å². The van der Waals surface area contributed by atoms with E-state index in [1.165, 1.54) is 0 Å². The molecule has 1 aromatic carbocycles. The van der Waals surface area contributed by atoms with E-state index in [1.54, 1.807) is 6.07 Å². The lowest BCUT2D eigenvalue weighted by atomic mass is 10.1. The average Bonchev–Trinajstić information content (AvgIpc) is 2.74. The van der Waals surface area contributed by atoms with E-state index in [9.17, 15) is 9.90 Å². The predicted molar refractivity (Wildman–Crippen MR) is 71.0 cm³/mol. The fraction of sp³-hybridized carbons (Fsp3) is 0.462. The summed E-state index contributed by atoms with van der Waals surface area (Å²) < 4.78 is 4.96. The van der Waals surface area contributed by atoms with Crippen LogP contribution in [0, 0.1) is 5.92 Å². The number of H-pyrrole nitrogens is 1. The molecule has 0 saturated carbocycles. The number of fused-ring (bicyclic) bond motifs is 1. The van der Waals surface area contributed by atoms with Crippen LogP contribution in [0.3, 0.4) is 0 Å². The Morgan fingerprint density at radius 2 is 2.28 bits per heavy atom. The maximum atomic E-state index is 11.1. The topological polar surface area (TPSA) is 69.5 Å². The first-order chi connectivity index (χ1) is 8.63. The highest BCUT2D eigenvalue weighted by atomic mass is 16.4. The minimum atomic E-state index is -0.438. The zero-order valence-corrected chi connectivity index (χ0v) is 10.6. The molecule has 0 aliphatic carbocycles. The van der Waals surface area contributed by atoms with Gasteiger partial charge in [-0.3, -0.25) is 4.98 Å². The first kappa shape index (κ1) is 12.7. The van der Waals surface area contributed by atoms with E-state index in [2.05, 4.69) is 16.8 Å². The van der Waals surface area contributed by atoms with Gasteiger partial charge in [-0.05, 0) is 30.5 Å². The Morgan fingerprint density at radius 1 is 1.50 bits per heavy atom. The monoisotopic (exact) mass is 250 g/mol. The van der Waals surface area contributed by atoms with Crippen molar-refractivity contribution in [1.29, 1.82) is 0 Å². The van der Waals surface area contributed by atoms with Crippen molar-refractivity contribution < 1.29 is 9.52 Å². The van der Waals surface area contributed by atoms with Crippen LogP contribution in [-0.4, -0.2) is 30.3 Å². The van der Waals surface area contributed by atoms with Crippen LogP contribution in [0.4, 0.5) is 5.69 Å². The number of nitrogens with one attached hydrogen (secondary N) is 1. The molecule has 1 atom stereocenters. The second-order valence-electron chi connectivity index (χ2n) is 4.53. The highest BCUT2D eigenvalue weighted by Gasteiger charge is 2.10. The van der Waals surface area contributed by atoms with Gasteiger partial charge >= 0.3 is 5.76 Å². The van der Waals surface area contributed by atoms with Crippen LogP contribution in [0.1, 0.15) is 13.3 Å². The smallest absolute Gasteiger partial charge is 0.408 e. The summed E-state index contributed by atoms with van der Waals surface area (Å²) in [6.45, 7) is 3.03. The molecule has 1 unspecified atom stereocenters. The van der Waals surface area contributed by atoms with E-state index in [4.69, 9.17) is 4.42 Å². The number of aromatic amines is 1. The lowest BCUT2D eigenvalue weighted by molar-refractivity contribution is 0.225. The van der Waals surface area contributed by atoms with Gasteiger partial charge in [0.1, 0.15) is 0 Å². The minimum Gasteiger partial charge on any atom is -0.408 e. The number of oxazole rings is 1. The van der Waals surface area contributed by atoms with Crippen molar-refractivity contribution in [3.8, 4) is 0 Å². The molecule has 18 heavy (non-hydrogen) atoms. The molecule has 0 amide bonds. The molecule has 0 fully saturated rings. The molecule has 0 aliphatic heterocycles. The minimum absolute atomic E-state index is 0.186. The van der Waals surface area contributed by atoms with Crippen LogP contribution >= 0.6 is 0 Å². The van der Waals surface area contributed by atoms with Gasteiger partial charge in [-0.15, -0.1) is 0 Å². The molecule has 0 saturated heterocycles. The first-order valence-corrected chi connectivity index (χ1v) is 6.09. The van der Waals surface area contributed by atoms with Crippen molar-refractivity contribution in [3.05, 3.63) is 28.7 Å². The van der Waals surface area contributed by atoms with Crippen molar-refractivity contribution in [2.24, 2.45) is 5.92 Å². The van der Waals surface area contributed by atoms with Crippen LogP contribution in [0.2, 0.25) is 0 Å². The Hall–Kier alpha value is -1.75. The normalized spacial score (nSPS) is 12.8. The molecule has 1 aromatic heterocycles. The molecule has 2 aromatic rings. The molecular formula is C13H18N2O3. The van der Waals surface area contributed by atoms with E-state index in [1.807, 2.05) is 19.2 Å². The molecule has 0 aliphatic rings. The van der Waals surface area contributed by atoms with Gasteiger partial charge in [0.15, 0.2) is 5.58 Å². The zero-order valence-electron chi connectivity index (χ0n) is 10.6. The molecule has 5 heteroatoms. The summed E-state index contributed by atoms with van der Waals surface area (Å²) in [5.74, 6) is -0.180. The molecule has 5 nitrogen and oxygen atoms in total. The van der Waals surface area contributed by atoms with Crippen molar-refractivity contribution >= 4 is 16.8 Å². The van der Waals surface area contributed by atoms with E-state index >= 15 is 0 Å². The summed E-state index contributed by atoms with van der Waals surface area (Å²) in [5.41, 5.74) is 2.25. The van der Waals surface area contributed by atoms with Gasteiger partial charge in [0.2, 0.25) is 0 Å². The summed E-state index contributed by atoms with van der Waals surface area (Å²) in [6.07, 6.45) is 0.936. The number of rotatable bonds is 5. The number of hydrogen-bond acceptors (Lipinski definition) is 4. The van der Waals surface area contributed by atoms with Gasteiger partial charge in [0.25, 0.3) is 0 Å². The number of anilines is 1. The van der Waals surface area contributed by atoms with E-state index in [0.29, 0.717) is 11.1 Å². The zero-order chi connectivity index (χ0) is 13.1. The first-order valence-electron chi connectivity index (χ1n) is 6.09. The predicted octanol–water partition coefficient (Wildman–Crippen LogP) is 1.58. The summed E-state index contributed by atoms with van der Waals surface area (Å²) in [4.78, 5) is 15.8. The number of hydrogen-bond donors (Lipinski definition) is 2. The summed E-state index contributed by atoms with van der Waals surface area (Å²) in [5, 5.41) is 9.21. The molecule has 0 spiro atoms. The summed E-state index contributed by atoms with van der Waals surface area (Å²) in [6, 6.07) is 5.56. The quantitative estimate of drug-likeness (QED) is 0.845. The van der Waals surface area contributed by atoms with Gasteiger partial charge in [0, 0.05) is 25.9 Å². The molecule has 98 valence electrons. The van der Waals surface area contributed by atoms with Crippen LogP contribution in [0.5, 0.6) is 0 Å². The van der Waals surface area contributed by atoms with E-state index in [0.717, 1.165) is 18.7 Å². The third-order valence-electron chi connectivity index (χ3n) is 3.21. The highest BCUT2D eigenvalue weighted by Crippen LogP contribution is 2.20. The second kappa shape index (κ2) is 5.27. The maximum Gasteiger partial charge on any atom is 0.417 e. The molecule has 0 radical (unpaired) electrons. The Bertz CT molecular complexity index is 569. The molecule has 2 rings (SSSR count). The number of benzene rings is 1. The maximum absolute atomic E-state index is 11.1. The fourth-order valence-corrected chi connectivity index (χ4v) is 1.99. The summed E-state index contributed by atoms with van der Waals surface area (Å²) in [7, 11) is 1.97. The van der Waals surface area contributed by atoms with Gasteiger partial charge in [-0.2, -0.15) is 0 Å². The number of aromatic nitrogens is 1. The molecule has 2 N–H and O–H groups in total. The Morgan fingerprint density at radius 3 is 2.94 bits per heavy atom. The standard InChI is InChI=1S/C13H18N2O3/c1-3-9(8-16)7-15(2)10-4-5-12-11(6-10)14-13(17)18-12/h4-6,9,16H,3,7-8H2,1-2H3,(H,14,17). The van der Waals surface area contributed by atoms with Crippen LogP contribution in [0.25, 0.3) is 11.1 Å². The van der Waals surface area contributed by atoms with Crippen LogP contribution in [0.15, 0.2) is 27.4 Å². The van der Waals surface area contributed by atoms with Gasteiger partial charge in [-0.1, -0.05) is 6.92 Å². The molecular weight excluding hydrogens is 232 g/mol. The third kappa shape index (κ3) is 2.56. The Balaban J connectivity index is 2.21. The van der Waals surface area contributed by atoms with Crippen LogP contribution in [-0.2, 0) is 0 Å². The number of nitrogens with zero attached hydrogens (tertiary/aromatic N) is 1. The van der Waals surface area contributed by atoms with Crippen molar-refractivity contribution in [1.82, 2.24) is 4.98 Å². The second-order valence-corrected chi connectivity index (χ2v) is 4.53. The van der Waals surface area contributed by atoms with Gasteiger partial charge < -0.3 is 14.4 Å². The Kier molecular flexibility index (Phi) is 3.72. The Labute approximate surface area is 105 Å². The molecule has 0 bridgehead atoms. The third-order valence-corrected chi connectivity index (χ3v) is 3.21. The highest BCUT2D eigenvalue weighted by molar-refractivity contribution is 5.77. The largest absolute Gasteiger partial charge is 0.417 e. The SMILES string of the molecule is CCC(CO)CN(C)c1ccc2oc(=O)[nH]c2c1. The molecule has 1 heterocycles. The summed E-state index contributed by atoms with van der Waals surface area (Å²) >= 11 is 0. The number of aliphatic hydroxyl groups excluding tert-OH is 1. The van der Waals surface area contributed by atoms with Gasteiger partial charge in [0.05, 0.1) is 5.52 Å². The lowest BCUT2D eigenvalue weighted by Crippen LogP contribution is -2.27. The van der Waals surface area contributed by atoms with Crippen molar-refractivity contribution in [3.63, 3.8) is 0 Å². The van der Waals surface area contributed by atoms with E-state index < -0.39 is 5.76 Å². The van der Waals surface area contributed by atoms with Crippen molar-refractivity contribution in [2.45, 2.75) is 13.3 Å². The van der Waals surface area contributed by atoms with Gasteiger partial charge in [-0.25, -0.2) is 4.79 Å². The average molecular weight is 250 g/mol. The fourth-order valence-electron chi connectivity index (χ4n) is 1.99. The lowest BCUT2D eigenvalue weighted by Gasteiger charge is -2.23.